The van der Waals surface area contributed by atoms with Crippen LogP contribution in [0.3, 0.4) is 0 Å². The summed E-state index contributed by atoms with van der Waals surface area (Å²) in [6.45, 7) is 1.33. The number of urea groups is 1. The Bertz CT molecular complexity index is 1350. The quantitative estimate of drug-likeness (QED) is 0.597. The zero-order valence-electron chi connectivity index (χ0n) is 17.6. The van der Waals surface area contributed by atoms with Crippen LogP contribution in [0.2, 0.25) is 0 Å². The molecule has 0 saturated carbocycles. The van der Waals surface area contributed by atoms with E-state index >= 15 is 0 Å². The van der Waals surface area contributed by atoms with Gasteiger partial charge in [-0.05, 0) is 48.4 Å². The van der Waals surface area contributed by atoms with Gasteiger partial charge in [0.15, 0.2) is 0 Å². The zero-order chi connectivity index (χ0) is 22.7. The number of amides is 5. The third kappa shape index (κ3) is 3.05. The molecule has 3 aromatic rings. The van der Waals surface area contributed by atoms with Crippen molar-refractivity contribution in [2.24, 2.45) is 0 Å². The number of nitrogens with zero attached hydrogens (tertiary/aromatic N) is 4. The third-order valence-corrected chi connectivity index (χ3v) is 6.54. The third-order valence-electron chi connectivity index (χ3n) is 6.54. The van der Waals surface area contributed by atoms with Crippen LogP contribution in [-0.2, 0) is 16.1 Å². The summed E-state index contributed by atoms with van der Waals surface area (Å²) in [6.07, 6.45) is 2.15. The average molecular weight is 444 g/mol. The van der Waals surface area contributed by atoms with Crippen molar-refractivity contribution < 1.29 is 19.2 Å². The topological polar surface area (TPSA) is 119 Å². The van der Waals surface area contributed by atoms with Gasteiger partial charge in [0.05, 0.1) is 17.4 Å². The number of aromatic nitrogens is 2. The van der Waals surface area contributed by atoms with Gasteiger partial charge in [0, 0.05) is 43.0 Å². The van der Waals surface area contributed by atoms with E-state index in [9.17, 15) is 19.2 Å². The largest absolute Gasteiger partial charge is 0.345 e. The van der Waals surface area contributed by atoms with E-state index in [1.54, 1.807) is 28.3 Å². The van der Waals surface area contributed by atoms with E-state index in [0.717, 1.165) is 22.3 Å². The molecule has 1 unspecified atom stereocenters. The van der Waals surface area contributed by atoms with Crippen LogP contribution < -0.4 is 15.1 Å². The number of aromatic amines is 1. The predicted octanol–water partition coefficient (Wildman–Crippen LogP) is 1.77. The van der Waals surface area contributed by atoms with Crippen LogP contribution in [-0.4, -0.2) is 57.8 Å². The van der Waals surface area contributed by atoms with E-state index in [1.807, 2.05) is 24.3 Å². The van der Waals surface area contributed by atoms with Gasteiger partial charge in [-0.2, -0.15) is 0 Å². The molecule has 10 nitrogen and oxygen atoms in total. The van der Waals surface area contributed by atoms with Gasteiger partial charge in [-0.15, -0.1) is 0 Å². The van der Waals surface area contributed by atoms with Gasteiger partial charge < -0.3 is 9.88 Å². The number of carbonyl (C=O) groups is 4. The van der Waals surface area contributed by atoms with E-state index in [2.05, 4.69) is 15.3 Å². The second-order valence-electron chi connectivity index (χ2n) is 8.43. The predicted molar refractivity (Wildman–Crippen MR) is 119 cm³/mol. The molecular formula is C23H20N6O4. The summed E-state index contributed by atoms with van der Waals surface area (Å²) in [5.41, 5.74) is 4.50. The Morgan fingerprint density at radius 2 is 1.70 bits per heavy atom. The summed E-state index contributed by atoms with van der Waals surface area (Å²) < 4.78 is 0. The van der Waals surface area contributed by atoms with Crippen LogP contribution in [0.25, 0.3) is 11.0 Å². The Balaban J connectivity index is 1.23. The van der Waals surface area contributed by atoms with Gasteiger partial charge in [0.25, 0.3) is 5.91 Å². The number of H-pyrrole nitrogens is 1. The number of fused-ring (bicyclic) bond motifs is 2. The van der Waals surface area contributed by atoms with E-state index < -0.39 is 11.9 Å². The Hall–Kier alpha value is -4.21. The number of benzene rings is 2. The molecule has 1 atom stereocenters. The lowest BCUT2D eigenvalue weighted by Crippen LogP contribution is -2.52. The molecule has 33 heavy (non-hydrogen) atoms. The fourth-order valence-corrected chi connectivity index (χ4v) is 4.84. The summed E-state index contributed by atoms with van der Waals surface area (Å²) in [5.74, 6) is -0.980. The fraction of sp³-hybridized carbons (Fsp3) is 0.261. The van der Waals surface area contributed by atoms with Crippen molar-refractivity contribution in [1.29, 1.82) is 0 Å². The number of hydrogen-bond acceptors (Lipinski definition) is 5. The van der Waals surface area contributed by atoms with Gasteiger partial charge in [-0.1, -0.05) is 0 Å². The first-order valence-corrected chi connectivity index (χ1v) is 10.8. The molecular weight excluding hydrogens is 424 g/mol. The number of nitrogens with one attached hydrogen (secondary N) is 2. The Labute approximate surface area is 188 Å². The molecule has 2 fully saturated rings. The second kappa shape index (κ2) is 7.16. The van der Waals surface area contributed by atoms with E-state index in [4.69, 9.17) is 0 Å². The van der Waals surface area contributed by atoms with Crippen LogP contribution in [0.15, 0.2) is 42.7 Å². The summed E-state index contributed by atoms with van der Waals surface area (Å²) in [5, 5.41) is 2.31. The number of carbonyl (C=O) groups excluding carboxylic acids is 4. The second-order valence-corrected chi connectivity index (χ2v) is 8.43. The number of imide groups is 1. The Morgan fingerprint density at radius 3 is 2.48 bits per heavy atom. The average Bonchev–Trinajstić information content (AvgIpc) is 3.50. The van der Waals surface area contributed by atoms with Crippen molar-refractivity contribution in [1.82, 2.24) is 20.2 Å². The highest BCUT2D eigenvalue weighted by Crippen LogP contribution is 2.33. The normalized spacial score (nSPS) is 20.7. The summed E-state index contributed by atoms with van der Waals surface area (Å²) in [4.78, 5) is 62.0. The molecule has 0 bridgehead atoms. The van der Waals surface area contributed by atoms with Crippen molar-refractivity contribution in [2.75, 3.05) is 22.9 Å². The standard InChI is InChI=1S/C23H20N6O4/c30-20-6-5-19(21(31)26-20)29-11-13-9-14(1-3-16(13)22(29)32)27-7-8-28(23(27)33)15-2-4-17-18(10-15)25-12-24-17/h1-4,9-10,12,19H,5-8,11H2,(H,24,25)(H,26,30,31). The molecule has 2 saturated heterocycles. The summed E-state index contributed by atoms with van der Waals surface area (Å²) >= 11 is 0. The summed E-state index contributed by atoms with van der Waals surface area (Å²) in [7, 11) is 0. The Morgan fingerprint density at radius 1 is 0.939 bits per heavy atom. The maximum Gasteiger partial charge on any atom is 0.329 e. The van der Waals surface area contributed by atoms with Gasteiger partial charge in [-0.3, -0.25) is 29.5 Å². The fourth-order valence-electron chi connectivity index (χ4n) is 4.84. The van der Waals surface area contributed by atoms with Crippen LogP contribution in [0.1, 0.15) is 28.8 Å². The number of imidazole rings is 1. The lowest BCUT2D eigenvalue weighted by Gasteiger charge is -2.29. The smallest absolute Gasteiger partial charge is 0.329 e. The van der Waals surface area contributed by atoms with Crippen molar-refractivity contribution >= 4 is 46.2 Å². The van der Waals surface area contributed by atoms with E-state index in [0.29, 0.717) is 30.8 Å². The zero-order valence-corrected chi connectivity index (χ0v) is 17.6. The van der Waals surface area contributed by atoms with Gasteiger partial charge in [0.1, 0.15) is 6.04 Å². The lowest BCUT2D eigenvalue weighted by molar-refractivity contribution is -0.136. The Kier molecular flexibility index (Phi) is 4.22. The molecule has 2 N–H and O–H groups in total. The lowest BCUT2D eigenvalue weighted by atomic mass is 10.0. The van der Waals surface area contributed by atoms with E-state index in [1.165, 1.54) is 4.90 Å². The molecule has 0 aliphatic carbocycles. The summed E-state index contributed by atoms with van der Waals surface area (Å²) in [6, 6.07) is 10.2. The van der Waals surface area contributed by atoms with Gasteiger partial charge >= 0.3 is 6.03 Å². The molecule has 0 spiro atoms. The first kappa shape index (κ1) is 19.5. The van der Waals surface area contributed by atoms with Crippen LogP contribution in [0.5, 0.6) is 0 Å². The molecule has 2 aromatic carbocycles. The van der Waals surface area contributed by atoms with Crippen LogP contribution in [0, 0.1) is 0 Å². The van der Waals surface area contributed by atoms with Gasteiger partial charge in [-0.25, -0.2) is 9.78 Å². The number of anilines is 2. The maximum absolute atomic E-state index is 13.2. The highest BCUT2D eigenvalue weighted by Gasteiger charge is 2.40. The van der Waals surface area contributed by atoms with Crippen molar-refractivity contribution in [3.8, 4) is 0 Å². The highest BCUT2D eigenvalue weighted by molar-refractivity contribution is 6.08. The van der Waals surface area contributed by atoms with Crippen LogP contribution in [0.4, 0.5) is 16.2 Å². The monoisotopic (exact) mass is 444 g/mol. The molecule has 6 rings (SSSR count). The minimum Gasteiger partial charge on any atom is -0.345 e. The van der Waals surface area contributed by atoms with Crippen molar-refractivity contribution in [3.63, 3.8) is 0 Å². The molecule has 3 aliphatic heterocycles. The molecule has 166 valence electrons. The number of piperidine rings is 1. The van der Waals surface area contributed by atoms with Gasteiger partial charge in [0.2, 0.25) is 11.8 Å². The van der Waals surface area contributed by atoms with Crippen molar-refractivity contribution in [2.45, 2.75) is 25.4 Å². The molecule has 10 heteroatoms. The molecule has 3 aliphatic rings. The van der Waals surface area contributed by atoms with Crippen molar-refractivity contribution in [3.05, 3.63) is 53.9 Å². The first-order chi connectivity index (χ1) is 16.0. The maximum atomic E-state index is 13.2. The molecule has 0 radical (unpaired) electrons. The van der Waals surface area contributed by atoms with Crippen LogP contribution >= 0.6 is 0 Å². The number of hydrogen-bond donors (Lipinski definition) is 2. The number of rotatable bonds is 3. The van der Waals surface area contributed by atoms with E-state index in [-0.39, 0.29) is 30.8 Å². The molecule has 4 heterocycles. The minimum absolute atomic E-state index is 0.139. The molecule has 1 aromatic heterocycles. The highest BCUT2D eigenvalue weighted by atomic mass is 16.2. The molecule has 5 amide bonds. The minimum atomic E-state index is -0.660. The SMILES string of the molecule is O=C1CCC(N2Cc3cc(N4CCN(c5ccc6nc[nH]c6c5)C4=O)ccc3C2=O)C(=O)N1. The first-order valence-electron chi connectivity index (χ1n) is 10.8.